The van der Waals surface area contributed by atoms with Gasteiger partial charge < -0.3 is 24.8 Å². The lowest BCUT2D eigenvalue weighted by molar-refractivity contribution is -0.137. The number of aryl methyl sites for hydroxylation is 1. The quantitative estimate of drug-likeness (QED) is 0.606. The fourth-order valence-electron chi connectivity index (χ4n) is 4.29. The first-order chi connectivity index (χ1) is 16.6. The summed E-state index contributed by atoms with van der Waals surface area (Å²) in [6.45, 7) is 5.57. The summed E-state index contributed by atoms with van der Waals surface area (Å²) < 4.78 is 56.2. The van der Waals surface area contributed by atoms with Crippen molar-refractivity contribution in [2.45, 2.75) is 57.7 Å². The standard InChI is InChI=1S/C24H29F3N4O4/c1-15-29-18(12-19(32)31-23(2)7-4-8-33-14-23)20(22-34-9-10-35-22)21(30-15)28-13-16-5-3-6-17(11-16)24(25,26)27/h3,5-6,11,22H,4,7-10,12-14H2,1-2H3,(H,31,32)(H,28,29,30). The number of benzene rings is 1. The zero-order valence-electron chi connectivity index (χ0n) is 19.7. The highest BCUT2D eigenvalue weighted by Gasteiger charge is 2.33. The van der Waals surface area contributed by atoms with E-state index in [1.54, 1.807) is 13.0 Å². The molecule has 1 amide bonds. The normalized spacial score (nSPS) is 21.2. The van der Waals surface area contributed by atoms with E-state index in [0.29, 0.717) is 54.9 Å². The van der Waals surface area contributed by atoms with E-state index in [2.05, 4.69) is 20.6 Å². The molecule has 1 aromatic carbocycles. The van der Waals surface area contributed by atoms with Gasteiger partial charge in [0.1, 0.15) is 11.6 Å². The Bertz CT molecular complexity index is 1050. The molecule has 0 saturated carbocycles. The highest BCUT2D eigenvalue weighted by Crippen LogP contribution is 2.33. The van der Waals surface area contributed by atoms with Crippen LogP contribution < -0.4 is 10.6 Å². The molecule has 0 radical (unpaired) electrons. The highest BCUT2D eigenvalue weighted by molar-refractivity contribution is 5.79. The summed E-state index contributed by atoms with van der Waals surface area (Å²) in [4.78, 5) is 21.9. The van der Waals surface area contributed by atoms with Crippen LogP contribution in [0.1, 0.15) is 54.3 Å². The van der Waals surface area contributed by atoms with E-state index >= 15 is 0 Å². The molecule has 1 aromatic heterocycles. The average Bonchev–Trinajstić information content (AvgIpc) is 3.31. The average molecular weight is 495 g/mol. The van der Waals surface area contributed by atoms with Gasteiger partial charge in [-0.25, -0.2) is 9.97 Å². The number of ether oxygens (including phenoxy) is 3. The molecule has 8 nitrogen and oxygen atoms in total. The highest BCUT2D eigenvalue weighted by atomic mass is 19.4. The zero-order chi connectivity index (χ0) is 25.1. The number of hydrogen-bond donors (Lipinski definition) is 2. The van der Waals surface area contributed by atoms with Crippen LogP contribution in [0.5, 0.6) is 0 Å². The Kier molecular flexibility index (Phi) is 7.58. The van der Waals surface area contributed by atoms with Gasteiger partial charge >= 0.3 is 6.18 Å². The number of carbonyl (C=O) groups excluding carboxylic acids is 1. The van der Waals surface area contributed by atoms with E-state index in [1.807, 2.05) is 6.92 Å². The predicted molar refractivity (Wildman–Crippen MR) is 120 cm³/mol. The zero-order valence-corrected chi connectivity index (χ0v) is 19.7. The van der Waals surface area contributed by atoms with E-state index < -0.39 is 23.6 Å². The first-order valence-corrected chi connectivity index (χ1v) is 11.5. The summed E-state index contributed by atoms with van der Waals surface area (Å²) in [6.07, 6.45) is -3.57. The topological polar surface area (TPSA) is 94.6 Å². The second-order valence-corrected chi connectivity index (χ2v) is 9.05. The van der Waals surface area contributed by atoms with Crippen LogP contribution >= 0.6 is 0 Å². The van der Waals surface area contributed by atoms with Crippen molar-refractivity contribution in [3.05, 3.63) is 52.5 Å². The van der Waals surface area contributed by atoms with Gasteiger partial charge in [0.2, 0.25) is 5.91 Å². The van der Waals surface area contributed by atoms with E-state index in [9.17, 15) is 18.0 Å². The van der Waals surface area contributed by atoms with Crippen LogP contribution in [0.2, 0.25) is 0 Å². The summed E-state index contributed by atoms with van der Waals surface area (Å²) in [5, 5.41) is 6.14. The monoisotopic (exact) mass is 494 g/mol. The van der Waals surface area contributed by atoms with Crippen LogP contribution in [0, 0.1) is 6.92 Å². The van der Waals surface area contributed by atoms with Crippen molar-refractivity contribution in [2.24, 2.45) is 0 Å². The molecule has 1 atom stereocenters. The molecule has 1 unspecified atom stereocenters. The molecule has 0 aliphatic carbocycles. The minimum Gasteiger partial charge on any atom is -0.379 e. The number of alkyl halides is 3. The van der Waals surface area contributed by atoms with Crippen LogP contribution in [-0.2, 0) is 38.1 Å². The first kappa shape index (κ1) is 25.3. The molecule has 190 valence electrons. The molecule has 11 heteroatoms. The van der Waals surface area contributed by atoms with Gasteiger partial charge in [0, 0.05) is 13.2 Å². The number of rotatable bonds is 7. The van der Waals surface area contributed by atoms with Crippen molar-refractivity contribution in [2.75, 3.05) is 31.7 Å². The Morgan fingerprint density at radius 3 is 2.66 bits per heavy atom. The minimum atomic E-state index is -4.43. The second kappa shape index (κ2) is 10.5. The number of nitrogens with one attached hydrogen (secondary N) is 2. The minimum absolute atomic E-state index is 0.0320. The van der Waals surface area contributed by atoms with Crippen molar-refractivity contribution in [1.82, 2.24) is 15.3 Å². The van der Waals surface area contributed by atoms with E-state index in [4.69, 9.17) is 14.2 Å². The number of anilines is 1. The molecule has 2 saturated heterocycles. The third kappa shape index (κ3) is 6.47. The van der Waals surface area contributed by atoms with Gasteiger partial charge in [0.25, 0.3) is 0 Å². The summed E-state index contributed by atoms with van der Waals surface area (Å²) >= 11 is 0. The van der Waals surface area contributed by atoms with Gasteiger partial charge in [0.15, 0.2) is 6.29 Å². The van der Waals surface area contributed by atoms with Crippen molar-refractivity contribution >= 4 is 11.7 Å². The van der Waals surface area contributed by atoms with Gasteiger partial charge in [-0.05, 0) is 44.4 Å². The Morgan fingerprint density at radius 1 is 1.20 bits per heavy atom. The molecule has 0 bridgehead atoms. The summed E-state index contributed by atoms with van der Waals surface area (Å²) in [7, 11) is 0. The third-order valence-corrected chi connectivity index (χ3v) is 5.92. The maximum absolute atomic E-state index is 13.1. The Morgan fingerprint density at radius 2 is 1.97 bits per heavy atom. The van der Waals surface area contributed by atoms with E-state index in [-0.39, 0.29) is 18.9 Å². The van der Waals surface area contributed by atoms with Gasteiger partial charge in [-0.3, -0.25) is 4.79 Å². The van der Waals surface area contributed by atoms with E-state index in [1.165, 1.54) is 6.07 Å². The second-order valence-electron chi connectivity index (χ2n) is 9.05. The van der Waals surface area contributed by atoms with Crippen molar-refractivity contribution in [3.63, 3.8) is 0 Å². The number of hydrogen-bond acceptors (Lipinski definition) is 7. The Hall–Kier alpha value is -2.76. The van der Waals surface area contributed by atoms with Crippen molar-refractivity contribution in [3.8, 4) is 0 Å². The maximum Gasteiger partial charge on any atom is 0.416 e. The fraction of sp³-hybridized carbons (Fsp3) is 0.542. The molecule has 2 fully saturated rings. The number of aromatic nitrogens is 2. The van der Waals surface area contributed by atoms with Crippen molar-refractivity contribution < 1.29 is 32.2 Å². The summed E-state index contributed by atoms with van der Waals surface area (Å²) in [6, 6.07) is 5.07. The molecule has 35 heavy (non-hydrogen) atoms. The number of amides is 1. The summed E-state index contributed by atoms with van der Waals surface area (Å²) in [5.74, 6) is 0.546. The molecular formula is C24H29F3N4O4. The lowest BCUT2D eigenvalue weighted by Gasteiger charge is -2.34. The van der Waals surface area contributed by atoms with Crippen LogP contribution in [0.4, 0.5) is 19.0 Å². The van der Waals surface area contributed by atoms with E-state index in [0.717, 1.165) is 25.0 Å². The molecule has 2 aliphatic rings. The van der Waals surface area contributed by atoms with Crippen LogP contribution in [0.25, 0.3) is 0 Å². The number of carbonyl (C=O) groups is 1. The number of halogens is 3. The molecule has 0 spiro atoms. The van der Waals surface area contributed by atoms with Crippen LogP contribution in [-0.4, -0.2) is 47.8 Å². The summed E-state index contributed by atoms with van der Waals surface area (Å²) in [5.41, 5.74) is 0.160. The van der Waals surface area contributed by atoms with Crippen molar-refractivity contribution in [1.29, 1.82) is 0 Å². The molecule has 4 rings (SSSR count). The molecule has 2 aromatic rings. The smallest absolute Gasteiger partial charge is 0.379 e. The predicted octanol–water partition coefficient (Wildman–Crippen LogP) is 3.69. The van der Waals surface area contributed by atoms with Gasteiger partial charge in [-0.15, -0.1) is 0 Å². The SMILES string of the molecule is Cc1nc(CC(=O)NC2(C)CCCOC2)c(C2OCCO2)c(NCc2cccc(C(F)(F)F)c2)n1. The molecule has 2 aliphatic heterocycles. The molecule has 2 N–H and O–H groups in total. The molecule has 3 heterocycles. The van der Waals surface area contributed by atoms with Gasteiger partial charge in [0.05, 0.1) is 48.6 Å². The largest absolute Gasteiger partial charge is 0.416 e. The lowest BCUT2D eigenvalue weighted by atomic mass is 9.94. The fourth-order valence-corrected chi connectivity index (χ4v) is 4.29. The van der Waals surface area contributed by atoms with Crippen LogP contribution in [0.15, 0.2) is 24.3 Å². The first-order valence-electron chi connectivity index (χ1n) is 11.5. The van der Waals surface area contributed by atoms with Gasteiger partial charge in [-0.1, -0.05) is 12.1 Å². The Balaban J connectivity index is 1.57. The number of nitrogens with zero attached hydrogens (tertiary/aromatic N) is 2. The molecular weight excluding hydrogens is 465 g/mol. The Labute approximate surface area is 201 Å². The lowest BCUT2D eigenvalue weighted by Crippen LogP contribution is -2.52. The maximum atomic E-state index is 13.1. The third-order valence-electron chi connectivity index (χ3n) is 5.92. The van der Waals surface area contributed by atoms with Crippen LogP contribution in [0.3, 0.4) is 0 Å². The van der Waals surface area contributed by atoms with Gasteiger partial charge in [-0.2, -0.15) is 13.2 Å².